The molecule has 0 aromatic heterocycles. The van der Waals surface area contributed by atoms with Gasteiger partial charge in [-0.05, 0) is 42.3 Å². The molecule has 176 valence electrons. The van der Waals surface area contributed by atoms with Gasteiger partial charge in [-0.25, -0.2) is 9.59 Å². The molecular weight excluding hydrogens is 437 g/mol. The second-order valence-electron chi connectivity index (χ2n) is 8.75. The van der Waals surface area contributed by atoms with Crippen LogP contribution in [0.3, 0.4) is 0 Å². The summed E-state index contributed by atoms with van der Waals surface area (Å²) >= 11 is 0. The molecule has 6 nitrogen and oxygen atoms in total. The van der Waals surface area contributed by atoms with Gasteiger partial charge in [-0.3, -0.25) is 9.80 Å². The van der Waals surface area contributed by atoms with Gasteiger partial charge in [0.05, 0.1) is 23.7 Å². The van der Waals surface area contributed by atoms with Gasteiger partial charge in [0.25, 0.3) is 0 Å². The van der Waals surface area contributed by atoms with E-state index in [1.54, 1.807) is 17.0 Å². The first-order valence-electron chi connectivity index (χ1n) is 10.8. The van der Waals surface area contributed by atoms with Crippen LogP contribution in [-0.4, -0.2) is 52.2 Å². The second-order valence-corrected chi connectivity index (χ2v) is 8.75. The average molecular weight is 462 g/mol. The number of alkyl halides is 3. The first-order valence-corrected chi connectivity index (χ1v) is 10.8. The lowest BCUT2D eigenvalue weighted by Gasteiger charge is -2.37. The zero-order valence-corrected chi connectivity index (χ0v) is 18.1. The number of benzene rings is 2. The van der Waals surface area contributed by atoms with Crippen molar-refractivity contribution in [1.82, 2.24) is 9.80 Å². The van der Waals surface area contributed by atoms with Gasteiger partial charge in [0, 0.05) is 32.5 Å². The van der Waals surface area contributed by atoms with Gasteiger partial charge >= 0.3 is 18.2 Å². The van der Waals surface area contributed by atoms with Crippen molar-refractivity contribution in [3.8, 4) is 0 Å². The molecule has 2 fully saturated rings. The summed E-state index contributed by atoms with van der Waals surface area (Å²) < 4.78 is 44.0. The number of rotatable bonds is 5. The maximum absolute atomic E-state index is 12.7. The molecule has 2 aromatic carbocycles. The van der Waals surface area contributed by atoms with E-state index >= 15 is 0 Å². The summed E-state index contributed by atoms with van der Waals surface area (Å²) in [5, 5.41) is 9.06. The molecule has 1 spiro atoms. The van der Waals surface area contributed by atoms with Crippen molar-refractivity contribution < 1.29 is 32.6 Å². The van der Waals surface area contributed by atoms with Gasteiger partial charge in [-0.2, -0.15) is 13.2 Å². The molecule has 4 rings (SSSR count). The average Bonchev–Trinajstić information content (AvgIpc) is 3.10. The summed E-state index contributed by atoms with van der Waals surface area (Å²) in [5.74, 6) is -1.00. The number of piperidine rings is 1. The number of carboxylic acids is 1. The molecule has 9 heteroatoms. The topological polar surface area (TPSA) is 70.1 Å². The molecule has 33 heavy (non-hydrogen) atoms. The minimum Gasteiger partial charge on any atom is -0.478 e. The summed E-state index contributed by atoms with van der Waals surface area (Å²) in [6.07, 6.45) is -3.45. The van der Waals surface area contributed by atoms with Gasteiger partial charge in [0.2, 0.25) is 0 Å². The maximum Gasteiger partial charge on any atom is 0.416 e. The Hall–Kier alpha value is -3.07. The van der Waals surface area contributed by atoms with Gasteiger partial charge in [0.15, 0.2) is 0 Å². The highest BCUT2D eigenvalue weighted by Gasteiger charge is 2.48. The van der Waals surface area contributed by atoms with E-state index in [1.165, 1.54) is 24.3 Å². The summed E-state index contributed by atoms with van der Waals surface area (Å²) in [6, 6.07) is 11.4. The Morgan fingerprint density at radius 3 is 2.24 bits per heavy atom. The van der Waals surface area contributed by atoms with Crippen molar-refractivity contribution in [3.05, 3.63) is 70.8 Å². The maximum atomic E-state index is 12.7. The number of aromatic carboxylic acids is 1. The largest absolute Gasteiger partial charge is 0.478 e. The number of carbonyl (C=O) groups is 2. The van der Waals surface area contributed by atoms with Crippen LogP contribution in [0.2, 0.25) is 0 Å². The van der Waals surface area contributed by atoms with Gasteiger partial charge in [-0.1, -0.05) is 24.3 Å². The Kier molecular flexibility index (Phi) is 6.09. The lowest BCUT2D eigenvalue weighted by atomic mass is 9.90. The summed E-state index contributed by atoms with van der Waals surface area (Å²) in [5.41, 5.74) is 0.583. The van der Waals surface area contributed by atoms with Crippen molar-refractivity contribution in [2.45, 2.75) is 44.1 Å². The Morgan fingerprint density at radius 2 is 1.70 bits per heavy atom. The normalized spacial score (nSPS) is 19.5. The van der Waals surface area contributed by atoms with E-state index in [-0.39, 0.29) is 17.7 Å². The van der Waals surface area contributed by atoms with E-state index in [0.29, 0.717) is 39.0 Å². The van der Waals surface area contributed by atoms with Crippen LogP contribution in [0.4, 0.5) is 18.0 Å². The van der Waals surface area contributed by atoms with Crippen molar-refractivity contribution in [2.24, 2.45) is 0 Å². The molecule has 0 radical (unpaired) electrons. The Bertz CT molecular complexity index is 1010. The van der Waals surface area contributed by atoms with Crippen molar-refractivity contribution in [1.29, 1.82) is 0 Å². The molecule has 1 amide bonds. The van der Waals surface area contributed by atoms with Crippen LogP contribution in [-0.2, 0) is 17.5 Å². The van der Waals surface area contributed by atoms with E-state index in [2.05, 4.69) is 4.90 Å². The number of carbonyl (C=O) groups excluding carboxylic acids is 1. The molecule has 1 N–H and O–H groups in total. The molecule has 2 heterocycles. The summed E-state index contributed by atoms with van der Waals surface area (Å²) in [6.45, 7) is 4.21. The Balaban J connectivity index is 1.35. The fourth-order valence-corrected chi connectivity index (χ4v) is 4.47. The van der Waals surface area contributed by atoms with Crippen molar-refractivity contribution >= 4 is 12.1 Å². The highest BCUT2D eigenvalue weighted by atomic mass is 19.4. The van der Waals surface area contributed by atoms with Crippen LogP contribution in [0, 0.1) is 0 Å². The summed E-state index contributed by atoms with van der Waals surface area (Å²) in [4.78, 5) is 27.5. The predicted octanol–water partition coefficient (Wildman–Crippen LogP) is 4.95. The number of halogens is 3. The van der Waals surface area contributed by atoms with Crippen LogP contribution in [0.5, 0.6) is 0 Å². The van der Waals surface area contributed by atoms with Crippen molar-refractivity contribution in [2.75, 3.05) is 19.6 Å². The molecule has 2 aromatic rings. The lowest BCUT2D eigenvalue weighted by Crippen LogP contribution is -2.46. The number of carboxylic acid groups (broad SMARTS) is 1. The highest BCUT2D eigenvalue weighted by Crippen LogP contribution is 2.38. The van der Waals surface area contributed by atoms with E-state index in [0.717, 1.165) is 23.3 Å². The van der Waals surface area contributed by atoms with Gasteiger partial charge in [-0.15, -0.1) is 0 Å². The number of nitrogens with zero attached hydrogens (tertiary/aromatic N) is 2. The number of hydrogen-bond donors (Lipinski definition) is 1. The zero-order valence-electron chi connectivity index (χ0n) is 18.1. The molecule has 2 aliphatic heterocycles. The van der Waals surface area contributed by atoms with Crippen LogP contribution < -0.4 is 0 Å². The smallest absolute Gasteiger partial charge is 0.416 e. The Morgan fingerprint density at radius 1 is 1.09 bits per heavy atom. The zero-order chi connectivity index (χ0) is 23.8. The van der Waals surface area contributed by atoms with Crippen LogP contribution in [0.1, 0.15) is 52.9 Å². The first-order chi connectivity index (χ1) is 15.6. The van der Waals surface area contributed by atoms with Crippen LogP contribution in [0.25, 0.3) is 0 Å². The van der Waals surface area contributed by atoms with Gasteiger partial charge in [0.1, 0.15) is 5.60 Å². The Labute approximate surface area is 189 Å². The number of amides is 1. The van der Waals surface area contributed by atoms with Crippen LogP contribution in [0.15, 0.2) is 48.5 Å². The fourth-order valence-electron chi connectivity index (χ4n) is 4.47. The third kappa shape index (κ3) is 4.98. The summed E-state index contributed by atoms with van der Waals surface area (Å²) in [7, 11) is 0. The number of likely N-dealkylation sites (tertiary alicyclic amines) is 1. The molecule has 0 bridgehead atoms. The molecule has 2 aliphatic rings. The minimum atomic E-state index is -4.34. The molecule has 0 saturated carbocycles. The molecular formula is C24H25F3N2O4. The first kappa shape index (κ1) is 23.1. The van der Waals surface area contributed by atoms with E-state index in [4.69, 9.17) is 9.84 Å². The molecule has 1 atom stereocenters. The van der Waals surface area contributed by atoms with Gasteiger partial charge < -0.3 is 9.84 Å². The molecule has 1 unspecified atom stereocenters. The lowest BCUT2D eigenvalue weighted by molar-refractivity contribution is -0.137. The van der Waals surface area contributed by atoms with E-state index in [1.807, 2.05) is 6.92 Å². The number of hydrogen-bond acceptors (Lipinski definition) is 4. The molecule has 2 saturated heterocycles. The third-order valence-corrected chi connectivity index (χ3v) is 6.56. The highest BCUT2D eigenvalue weighted by molar-refractivity contribution is 5.87. The van der Waals surface area contributed by atoms with Crippen molar-refractivity contribution in [3.63, 3.8) is 0 Å². The van der Waals surface area contributed by atoms with Crippen LogP contribution >= 0.6 is 0 Å². The minimum absolute atomic E-state index is 0.187. The molecule has 0 aliphatic carbocycles. The SMILES string of the molecule is CC(c1ccc(C(=O)O)cc1)N1CC2(CCN(Cc3ccc(C(F)(F)F)cc3)CC2)OC1=O. The standard InChI is InChI=1S/C24H25F3N2O4/c1-16(18-4-6-19(7-5-18)21(30)31)29-15-23(33-22(29)32)10-12-28(13-11-23)14-17-2-8-20(9-3-17)24(25,26)27/h2-9,16H,10-15H2,1H3,(H,30,31). The monoisotopic (exact) mass is 462 g/mol. The van der Waals surface area contributed by atoms with E-state index < -0.39 is 23.3 Å². The third-order valence-electron chi connectivity index (χ3n) is 6.56. The predicted molar refractivity (Wildman–Crippen MR) is 114 cm³/mol. The second kappa shape index (κ2) is 8.70. The fraction of sp³-hybridized carbons (Fsp3) is 0.417. The quantitative estimate of drug-likeness (QED) is 0.681. The van der Waals surface area contributed by atoms with E-state index in [9.17, 15) is 22.8 Å². The number of ether oxygens (including phenoxy) is 1.